The Kier molecular flexibility index (Phi) is 14.8. The van der Waals surface area contributed by atoms with E-state index in [-0.39, 0.29) is 37.1 Å². The quantitative estimate of drug-likeness (QED) is 0.177. The van der Waals surface area contributed by atoms with Crippen LogP contribution in [-0.4, -0.2) is 100 Å². The molecule has 1 rings (SSSR count). The highest BCUT2D eigenvalue weighted by atomic mass is 19.2. The van der Waals surface area contributed by atoms with Gasteiger partial charge in [0.2, 0.25) is 0 Å². The van der Waals surface area contributed by atoms with Crippen LogP contribution >= 0.6 is 0 Å². The molecule has 1 fully saturated rings. The lowest BCUT2D eigenvalue weighted by Crippen LogP contribution is -2.63. The SMILES string of the molecule is CC(C)C(C(O)CN1CCNCCNCC1(CC(O)C(C(C)C)C(C)(C)F)CC(O)C(C(C)C)C(C)(C)F)C(C)(C)F. The Morgan fingerprint density at radius 3 is 1.33 bits per heavy atom. The fourth-order valence-corrected chi connectivity index (χ4v) is 8.41. The Morgan fingerprint density at radius 2 is 0.976 bits per heavy atom. The van der Waals surface area contributed by atoms with Crippen molar-refractivity contribution in [3.63, 3.8) is 0 Å². The van der Waals surface area contributed by atoms with Crippen molar-refractivity contribution in [3.05, 3.63) is 0 Å². The van der Waals surface area contributed by atoms with Gasteiger partial charge in [0.1, 0.15) is 17.0 Å². The van der Waals surface area contributed by atoms with Gasteiger partial charge in [0.25, 0.3) is 0 Å². The average Bonchev–Trinajstić information content (AvgIpc) is 2.81. The fourth-order valence-electron chi connectivity index (χ4n) is 8.41. The second-order valence-corrected chi connectivity index (χ2v) is 15.7. The Morgan fingerprint density at radius 1 is 0.619 bits per heavy atom. The lowest BCUT2D eigenvalue weighted by molar-refractivity contribution is -0.0995. The van der Waals surface area contributed by atoms with Crippen molar-refractivity contribution in [2.75, 3.05) is 39.3 Å². The third-order valence-corrected chi connectivity index (χ3v) is 9.52. The summed E-state index contributed by atoms with van der Waals surface area (Å²) in [5.41, 5.74) is -5.97. The first-order valence-electron chi connectivity index (χ1n) is 16.2. The van der Waals surface area contributed by atoms with Crippen molar-refractivity contribution >= 4 is 0 Å². The number of β-amino-alcohol motifs (C(OH)–C–C–N with tert-alkyl or cyclic N) is 1. The lowest BCUT2D eigenvalue weighted by Gasteiger charge is -2.51. The molecule has 6 atom stereocenters. The number of hydrogen-bond donors (Lipinski definition) is 5. The molecular weight excluding hydrogens is 543 g/mol. The van der Waals surface area contributed by atoms with Gasteiger partial charge in [0, 0.05) is 62.6 Å². The van der Waals surface area contributed by atoms with Gasteiger partial charge < -0.3 is 26.0 Å². The van der Waals surface area contributed by atoms with Gasteiger partial charge in [-0.25, -0.2) is 13.2 Å². The molecule has 1 heterocycles. The summed E-state index contributed by atoms with van der Waals surface area (Å²) < 4.78 is 46.5. The molecule has 1 saturated heterocycles. The normalized spacial score (nSPS) is 25.1. The van der Waals surface area contributed by atoms with Crippen molar-refractivity contribution in [2.45, 2.75) is 137 Å². The van der Waals surface area contributed by atoms with Crippen LogP contribution in [0.3, 0.4) is 0 Å². The highest BCUT2D eigenvalue weighted by Gasteiger charge is 2.49. The van der Waals surface area contributed by atoms with Gasteiger partial charge in [-0.2, -0.15) is 0 Å². The Labute approximate surface area is 255 Å². The molecule has 0 saturated carbocycles. The third-order valence-electron chi connectivity index (χ3n) is 9.52. The maximum atomic E-state index is 15.5. The van der Waals surface area contributed by atoms with Crippen molar-refractivity contribution in [1.29, 1.82) is 0 Å². The van der Waals surface area contributed by atoms with E-state index in [1.807, 2.05) is 46.4 Å². The first-order valence-corrected chi connectivity index (χ1v) is 16.2. The average molecular weight is 610 g/mol. The summed E-state index contributed by atoms with van der Waals surface area (Å²) in [6.45, 7) is 23.0. The topological polar surface area (TPSA) is 88.0 Å². The van der Waals surface area contributed by atoms with Crippen LogP contribution in [0.2, 0.25) is 0 Å². The number of halogens is 3. The van der Waals surface area contributed by atoms with Crippen LogP contribution in [0.25, 0.3) is 0 Å². The summed E-state index contributed by atoms with van der Waals surface area (Å²) >= 11 is 0. The lowest BCUT2D eigenvalue weighted by atomic mass is 9.70. The maximum Gasteiger partial charge on any atom is 0.111 e. The van der Waals surface area contributed by atoms with Crippen LogP contribution in [-0.2, 0) is 0 Å². The van der Waals surface area contributed by atoms with Crippen LogP contribution in [0.15, 0.2) is 0 Å². The van der Waals surface area contributed by atoms with Crippen LogP contribution in [0.5, 0.6) is 0 Å². The number of rotatable bonds is 15. The third kappa shape index (κ3) is 11.2. The van der Waals surface area contributed by atoms with Crippen LogP contribution in [0.1, 0.15) is 95.9 Å². The minimum Gasteiger partial charge on any atom is -0.393 e. The van der Waals surface area contributed by atoms with Gasteiger partial charge in [-0.1, -0.05) is 41.5 Å². The highest BCUT2D eigenvalue weighted by Crippen LogP contribution is 2.41. The number of nitrogens with zero attached hydrogens (tertiary/aromatic N) is 1. The number of alkyl halides is 3. The molecule has 0 aromatic heterocycles. The molecule has 0 aromatic rings. The van der Waals surface area contributed by atoms with E-state index in [2.05, 4.69) is 10.6 Å². The van der Waals surface area contributed by atoms with Gasteiger partial charge >= 0.3 is 0 Å². The minimum absolute atomic E-state index is 0.0930. The van der Waals surface area contributed by atoms with Crippen molar-refractivity contribution in [3.8, 4) is 0 Å². The molecule has 0 radical (unpaired) electrons. The maximum absolute atomic E-state index is 15.5. The molecule has 0 bridgehead atoms. The molecule has 0 aliphatic carbocycles. The van der Waals surface area contributed by atoms with E-state index in [1.54, 1.807) is 0 Å². The first kappa shape index (κ1) is 39.6. The molecule has 252 valence electrons. The van der Waals surface area contributed by atoms with E-state index >= 15 is 13.2 Å². The number of aliphatic hydroxyl groups excluding tert-OH is 3. The zero-order chi connectivity index (χ0) is 32.8. The monoisotopic (exact) mass is 610 g/mol. The molecule has 1 aliphatic heterocycles. The molecule has 9 heteroatoms. The molecule has 1 aliphatic rings. The van der Waals surface area contributed by atoms with Crippen molar-refractivity contribution < 1.29 is 28.5 Å². The highest BCUT2D eigenvalue weighted by molar-refractivity contribution is 5.03. The summed E-state index contributed by atoms with van der Waals surface area (Å²) in [6, 6.07) is 0. The van der Waals surface area contributed by atoms with Crippen LogP contribution in [0.4, 0.5) is 13.2 Å². The van der Waals surface area contributed by atoms with E-state index in [0.29, 0.717) is 32.7 Å². The van der Waals surface area contributed by atoms with E-state index in [0.717, 1.165) is 0 Å². The number of nitrogens with one attached hydrogen (secondary N) is 2. The minimum atomic E-state index is -1.67. The van der Waals surface area contributed by atoms with Gasteiger partial charge in [-0.05, 0) is 72.1 Å². The second-order valence-electron chi connectivity index (χ2n) is 15.7. The molecule has 0 aromatic carbocycles. The molecule has 5 N–H and O–H groups in total. The zero-order valence-electron chi connectivity index (χ0n) is 28.8. The zero-order valence-corrected chi connectivity index (χ0v) is 28.8. The van der Waals surface area contributed by atoms with Gasteiger partial charge in [0.15, 0.2) is 0 Å². The predicted molar refractivity (Wildman–Crippen MR) is 168 cm³/mol. The first-order chi connectivity index (χ1) is 19.0. The van der Waals surface area contributed by atoms with Crippen molar-refractivity contribution in [1.82, 2.24) is 15.5 Å². The second kappa shape index (κ2) is 15.7. The summed E-state index contributed by atoms with van der Waals surface area (Å²) in [5, 5.41) is 42.0. The van der Waals surface area contributed by atoms with E-state index in [9.17, 15) is 15.3 Å². The van der Waals surface area contributed by atoms with Gasteiger partial charge in [-0.3, -0.25) is 4.90 Å². The fraction of sp³-hybridized carbons (Fsp3) is 1.00. The van der Waals surface area contributed by atoms with Crippen LogP contribution < -0.4 is 10.6 Å². The molecule has 0 spiro atoms. The smallest absolute Gasteiger partial charge is 0.111 e. The Hall–Kier alpha value is -0.450. The largest absolute Gasteiger partial charge is 0.393 e. The van der Waals surface area contributed by atoms with Crippen molar-refractivity contribution in [2.24, 2.45) is 35.5 Å². The van der Waals surface area contributed by atoms with Crippen LogP contribution in [0, 0.1) is 35.5 Å². The standard InChI is InChI=1S/C33H66F3N3O3/c1-21(2)27(30(7,8)34)24(40)17-33(18-25(41)28(22(3)4)31(9,10)35)20-38-14-13-37-15-16-39(33)19-26(42)29(23(5)6)32(11,12)36/h21-29,37-38,40-42H,13-20H2,1-12H3. The number of hydrogen-bond acceptors (Lipinski definition) is 6. The molecule has 6 nitrogen and oxygen atoms in total. The summed E-state index contributed by atoms with van der Waals surface area (Å²) in [6.07, 6.45) is -3.01. The van der Waals surface area contributed by atoms with Gasteiger partial charge in [-0.15, -0.1) is 0 Å². The Bertz CT molecular complexity index is 743. The molecule has 42 heavy (non-hydrogen) atoms. The summed E-state index contributed by atoms with van der Waals surface area (Å²) in [4.78, 5) is 2.04. The van der Waals surface area contributed by atoms with E-state index in [4.69, 9.17) is 0 Å². The van der Waals surface area contributed by atoms with Gasteiger partial charge in [0.05, 0.1) is 18.3 Å². The number of aliphatic hydroxyl groups is 3. The summed E-state index contributed by atoms with van der Waals surface area (Å²) in [5.74, 6) is -2.54. The van der Waals surface area contributed by atoms with E-state index in [1.165, 1.54) is 41.5 Å². The summed E-state index contributed by atoms with van der Waals surface area (Å²) in [7, 11) is 0. The Balaban J connectivity index is 3.80. The molecular formula is C33H66F3N3O3. The molecule has 6 unspecified atom stereocenters. The molecule has 0 amide bonds. The van der Waals surface area contributed by atoms with E-state index < -0.39 is 58.6 Å². The predicted octanol–water partition coefficient (Wildman–Crippen LogP) is 5.14.